The van der Waals surface area contributed by atoms with Gasteiger partial charge in [-0.1, -0.05) is 11.6 Å². The quantitative estimate of drug-likeness (QED) is 0.614. The molecule has 0 N–H and O–H groups in total. The van der Waals surface area contributed by atoms with Gasteiger partial charge in [0.1, 0.15) is 5.75 Å². The van der Waals surface area contributed by atoms with Crippen LogP contribution in [0.1, 0.15) is 10.4 Å². The van der Waals surface area contributed by atoms with E-state index < -0.39 is 5.24 Å². The summed E-state index contributed by atoms with van der Waals surface area (Å²) in [5.74, 6) is 0.553. The SMILES string of the molecule is COc1cc(Cl)cc(C(=O)Cl)c1I. The van der Waals surface area contributed by atoms with Crippen molar-refractivity contribution < 1.29 is 9.53 Å². The minimum absolute atomic E-state index is 0.367. The van der Waals surface area contributed by atoms with Crippen LogP contribution in [0.5, 0.6) is 5.75 Å². The van der Waals surface area contributed by atoms with Gasteiger partial charge in [0.2, 0.25) is 0 Å². The van der Waals surface area contributed by atoms with Crippen LogP contribution < -0.4 is 4.74 Å². The summed E-state index contributed by atoms with van der Waals surface area (Å²) in [6, 6.07) is 3.15. The van der Waals surface area contributed by atoms with E-state index >= 15 is 0 Å². The van der Waals surface area contributed by atoms with Crippen LogP contribution in [0.4, 0.5) is 0 Å². The van der Waals surface area contributed by atoms with Gasteiger partial charge >= 0.3 is 0 Å². The zero-order valence-electron chi connectivity index (χ0n) is 6.61. The van der Waals surface area contributed by atoms with Gasteiger partial charge in [-0.3, -0.25) is 4.79 Å². The first-order valence-corrected chi connectivity index (χ1v) is 5.12. The topological polar surface area (TPSA) is 26.3 Å². The summed E-state index contributed by atoms with van der Waals surface area (Å²) >= 11 is 13.1. The molecule has 0 fully saturated rings. The highest BCUT2D eigenvalue weighted by Gasteiger charge is 2.12. The molecule has 0 aliphatic heterocycles. The first-order valence-electron chi connectivity index (χ1n) is 3.29. The zero-order chi connectivity index (χ0) is 10.0. The fourth-order valence-electron chi connectivity index (χ4n) is 0.856. The van der Waals surface area contributed by atoms with Gasteiger partial charge in [-0.25, -0.2) is 0 Å². The molecule has 0 saturated carbocycles. The van der Waals surface area contributed by atoms with Crippen molar-refractivity contribution >= 4 is 51.0 Å². The van der Waals surface area contributed by atoms with Crippen LogP contribution in [0.15, 0.2) is 12.1 Å². The molecule has 2 nitrogen and oxygen atoms in total. The number of rotatable bonds is 2. The van der Waals surface area contributed by atoms with Gasteiger partial charge in [0.05, 0.1) is 16.2 Å². The molecule has 1 rings (SSSR count). The molecule has 0 aliphatic carbocycles. The number of benzene rings is 1. The maximum atomic E-state index is 10.9. The molecule has 0 amide bonds. The molecular weight excluding hydrogens is 326 g/mol. The van der Waals surface area contributed by atoms with Gasteiger partial charge in [0.25, 0.3) is 5.24 Å². The molecule has 1 aromatic carbocycles. The lowest BCUT2D eigenvalue weighted by Crippen LogP contribution is -1.96. The van der Waals surface area contributed by atoms with Gasteiger partial charge in [0, 0.05) is 5.02 Å². The second-order valence-corrected chi connectivity index (χ2v) is 4.10. The van der Waals surface area contributed by atoms with Crippen molar-refractivity contribution in [3.8, 4) is 5.75 Å². The van der Waals surface area contributed by atoms with Crippen LogP contribution in [0.2, 0.25) is 5.02 Å². The summed E-state index contributed by atoms with van der Waals surface area (Å²) in [7, 11) is 1.51. The van der Waals surface area contributed by atoms with Crippen LogP contribution in [-0.2, 0) is 0 Å². The molecule has 0 bridgehead atoms. The Labute approximate surface area is 99.3 Å². The van der Waals surface area contributed by atoms with Crippen molar-refractivity contribution in [2.24, 2.45) is 0 Å². The molecule has 0 spiro atoms. The maximum absolute atomic E-state index is 10.9. The highest BCUT2D eigenvalue weighted by atomic mass is 127. The lowest BCUT2D eigenvalue weighted by atomic mass is 10.2. The van der Waals surface area contributed by atoms with Crippen molar-refractivity contribution in [1.82, 2.24) is 0 Å². The third-order valence-electron chi connectivity index (χ3n) is 1.44. The van der Waals surface area contributed by atoms with Crippen molar-refractivity contribution in [1.29, 1.82) is 0 Å². The molecule has 0 saturated heterocycles. The molecule has 0 aromatic heterocycles. The predicted octanol–water partition coefficient (Wildman–Crippen LogP) is 3.33. The zero-order valence-corrected chi connectivity index (χ0v) is 10.3. The Bertz CT molecular complexity index is 352. The second-order valence-electron chi connectivity index (χ2n) is 2.24. The van der Waals surface area contributed by atoms with E-state index in [2.05, 4.69) is 0 Å². The summed E-state index contributed by atoms with van der Waals surface area (Å²) in [6.45, 7) is 0. The van der Waals surface area contributed by atoms with E-state index in [1.807, 2.05) is 22.6 Å². The third kappa shape index (κ3) is 2.48. The first-order chi connectivity index (χ1) is 6.06. The highest BCUT2D eigenvalue weighted by Crippen LogP contribution is 2.29. The Hall–Kier alpha value is -0.000000000000000111. The van der Waals surface area contributed by atoms with Crippen LogP contribution in [-0.4, -0.2) is 12.4 Å². The normalized spacial score (nSPS) is 9.85. The number of carbonyl (C=O) groups excluding carboxylic acids is 1. The number of hydrogen-bond acceptors (Lipinski definition) is 2. The molecule has 13 heavy (non-hydrogen) atoms. The molecule has 70 valence electrons. The Morgan fingerprint density at radius 1 is 1.54 bits per heavy atom. The fourth-order valence-corrected chi connectivity index (χ4v) is 2.15. The first kappa shape index (κ1) is 11.1. The number of hydrogen-bond donors (Lipinski definition) is 0. The lowest BCUT2D eigenvalue weighted by Gasteiger charge is -2.06. The molecule has 0 aliphatic rings. The minimum atomic E-state index is -0.537. The van der Waals surface area contributed by atoms with Crippen molar-refractivity contribution in [2.75, 3.05) is 7.11 Å². The van der Waals surface area contributed by atoms with Crippen LogP contribution in [0.3, 0.4) is 0 Å². The molecule has 1 aromatic rings. The van der Waals surface area contributed by atoms with Crippen molar-refractivity contribution in [2.45, 2.75) is 0 Å². The van der Waals surface area contributed by atoms with E-state index in [1.165, 1.54) is 13.2 Å². The largest absolute Gasteiger partial charge is 0.496 e. The van der Waals surface area contributed by atoms with Gasteiger partial charge in [0.15, 0.2) is 0 Å². The summed E-state index contributed by atoms with van der Waals surface area (Å²) < 4.78 is 5.68. The third-order valence-corrected chi connectivity index (χ3v) is 2.97. The Morgan fingerprint density at radius 3 is 2.62 bits per heavy atom. The van der Waals surface area contributed by atoms with Crippen LogP contribution >= 0.6 is 45.8 Å². The molecule has 5 heteroatoms. The summed E-state index contributed by atoms with van der Waals surface area (Å²) in [6.07, 6.45) is 0. The average Bonchev–Trinajstić information content (AvgIpc) is 2.08. The Balaban J connectivity index is 3.35. The standard InChI is InChI=1S/C8H5Cl2IO2/c1-13-6-3-4(9)2-5(7(6)11)8(10)12/h2-3H,1H3. The lowest BCUT2D eigenvalue weighted by molar-refractivity contribution is 0.108. The van der Waals surface area contributed by atoms with Gasteiger partial charge in [-0.2, -0.15) is 0 Å². The minimum Gasteiger partial charge on any atom is -0.496 e. The van der Waals surface area contributed by atoms with Gasteiger partial charge in [-0.15, -0.1) is 0 Å². The van der Waals surface area contributed by atoms with E-state index in [-0.39, 0.29) is 0 Å². The molecular formula is C8H5Cl2IO2. The van der Waals surface area contributed by atoms with Crippen LogP contribution in [0, 0.1) is 3.57 Å². The monoisotopic (exact) mass is 330 g/mol. The van der Waals surface area contributed by atoms with Crippen LogP contribution in [0.25, 0.3) is 0 Å². The van der Waals surface area contributed by atoms with E-state index in [4.69, 9.17) is 27.9 Å². The molecule has 0 unspecified atom stereocenters. The van der Waals surface area contributed by atoms with E-state index in [0.717, 1.165) is 0 Å². The number of ether oxygens (including phenoxy) is 1. The Kier molecular flexibility index (Phi) is 3.82. The summed E-state index contributed by atoms with van der Waals surface area (Å²) in [5, 5.41) is -0.105. The number of halogens is 3. The smallest absolute Gasteiger partial charge is 0.253 e. The number of carbonyl (C=O) groups is 1. The molecule has 0 heterocycles. The predicted molar refractivity (Wildman–Crippen MR) is 60.9 cm³/mol. The van der Waals surface area contributed by atoms with E-state index in [1.54, 1.807) is 6.07 Å². The van der Waals surface area contributed by atoms with Crippen molar-refractivity contribution in [3.63, 3.8) is 0 Å². The highest BCUT2D eigenvalue weighted by molar-refractivity contribution is 14.1. The summed E-state index contributed by atoms with van der Waals surface area (Å²) in [5.41, 5.74) is 0.367. The maximum Gasteiger partial charge on any atom is 0.253 e. The van der Waals surface area contributed by atoms with Crippen molar-refractivity contribution in [3.05, 3.63) is 26.3 Å². The van der Waals surface area contributed by atoms with E-state index in [0.29, 0.717) is 19.9 Å². The second kappa shape index (κ2) is 4.48. The number of methoxy groups -OCH3 is 1. The van der Waals surface area contributed by atoms with Gasteiger partial charge < -0.3 is 4.74 Å². The average molecular weight is 331 g/mol. The Morgan fingerprint density at radius 2 is 2.15 bits per heavy atom. The summed E-state index contributed by atoms with van der Waals surface area (Å²) in [4.78, 5) is 10.9. The molecule has 0 atom stereocenters. The van der Waals surface area contributed by atoms with E-state index in [9.17, 15) is 4.79 Å². The fraction of sp³-hybridized carbons (Fsp3) is 0.125. The van der Waals surface area contributed by atoms with Gasteiger partial charge in [-0.05, 0) is 46.3 Å². The molecule has 0 radical (unpaired) electrons.